The van der Waals surface area contributed by atoms with Crippen LogP contribution in [0.2, 0.25) is 0 Å². The van der Waals surface area contributed by atoms with E-state index in [1.165, 1.54) is 23.5 Å². The Morgan fingerprint density at radius 3 is 2.68 bits per heavy atom. The highest BCUT2D eigenvalue weighted by molar-refractivity contribution is 7.09. The van der Waals surface area contributed by atoms with Crippen LogP contribution in [-0.4, -0.2) is 41.2 Å². The van der Waals surface area contributed by atoms with Gasteiger partial charge in [0.15, 0.2) is 4.80 Å². The number of aromatic nitrogens is 1. The van der Waals surface area contributed by atoms with Crippen LogP contribution in [-0.2, 0) is 6.18 Å². The third kappa shape index (κ3) is 3.86. The van der Waals surface area contributed by atoms with Crippen LogP contribution in [0.3, 0.4) is 0 Å². The number of fused-ring (bicyclic) bond motifs is 1. The van der Waals surface area contributed by atoms with Crippen LogP contribution in [0.1, 0.15) is 23.3 Å². The fourth-order valence-corrected chi connectivity index (χ4v) is 4.71. The van der Waals surface area contributed by atoms with Crippen molar-refractivity contribution in [1.29, 1.82) is 0 Å². The Bertz CT molecular complexity index is 918. The molecule has 0 aliphatic carbocycles. The van der Waals surface area contributed by atoms with E-state index in [1.807, 2.05) is 6.92 Å². The lowest BCUT2D eigenvalue weighted by Crippen LogP contribution is -2.40. The molecule has 28 heavy (non-hydrogen) atoms. The number of nitrogens with zero attached hydrogens (tertiary/aromatic N) is 3. The Morgan fingerprint density at radius 1 is 1.25 bits per heavy atom. The van der Waals surface area contributed by atoms with Gasteiger partial charge in [0.1, 0.15) is 0 Å². The van der Waals surface area contributed by atoms with Crippen LogP contribution >= 0.6 is 11.3 Å². The molecule has 5 nitrogen and oxygen atoms in total. The van der Waals surface area contributed by atoms with Gasteiger partial charge >= 0.3 is 12.2 Å². The first-order valence-corrected chi connectivity index (χ1v) is 10.1. The number of thiazole rings is 1. The summed E-state index contributed by atoms with van der Waals surface area (Å²) < 4.78 is 40.1. The van der Waals surface area contributed by atoms with Gasteiger partial charge in [0.2, 0.25) is 0 Å². The van der Waals surface area contributed by atoms with E-state index in [0.717, 1.165) is 36.4 Å². The van der Waals surface area contributed by atoms with E-state index in [2.05, 4.69) is 10.3 Å². The highest BCUT2D eigenvalue weighted by atomic mass is 32.1. The highest BCUT2D eigenvalue weighted by Crippen LogP contribution is 2.29. The average Bonchev–Trinajstić information content (AvgIpc) is 3.24. The first-order chi connectivity index (χ1) is 13.3. The molecule has 2 amide bonds. The van der Waals surface area contributed by atoms with Crippen LogP contribution in [0, 0.1) is 12.8 Å². The monoisotopic (exact) mass is 410 g/mol. The van der Waals surface area contributed by atoms with Crippen molar-refractivity contribution in [1.82, 2.24) is 14.8 Å². The molecular weight excluding hydrogens is 389 g/mol. The number of carbonyl (C=O) groups excluding carboxylic acids is 1. The molecule has 4 rings (SSSR count). The molecule has 2 fully saturated rings. The fraction of sp³-hybridized carbons (Fsp3) is 0.474. The van der Waals surface area contributed by atoms with Crippen molar-refractivity contribution < 1.29 is 18.0 Å². The number of halogens is 3. The summed E-state index contributed by atoms with van der Waals surface area (Å²) >= 11 is 1.34. The summed E-state index contributed by atoms with van der Waals surface area (Å²) in [7, 11) is 0. The van der Waals surface area contributed by atoms with Gasteiger partial charge < -0.3 is 10.2 Å². The zero-order valence-corrected chi connectivity index (χ0v) is 16.2. The molecule has 3 heterocycles. The number of alkyl halides is 3. The maximum absolute atomic E-state index is 12.8. The van der Waals surface area contributed by atoms with Gasteiger partial charge in [0.25, 0.3) is 0 Å². The Hall–Kier alpha value is -2.13. The number of urea groups is 1. The molecule has 0 saturated carbocycles. The normalized spacial score (nSPS) is 23.1. The molecule has 1 aromatic heterocycles. The molecule has 9 heteroatoms. The van der Waals surface area contributed by atoms with Crippen LogP contribution in [0.4, 0.5) is 18.0 Å². The molecule has 0 spiro atoms. The number of benzene rings is 1. The van der Waals surface area contributed by atoms with Gasteiger partial charge in [0, 0.05) is 35.9 Å². The number of piperidine rings is 1. The summed E-state index contributed by atoms with van der Waals surface area (Å²) in [6.07, 6.45) is -0.355. The number of hydrogen-bond donors (Lipinski definition) is 1. The quantitative estimate of drug-likeness (QED) is 0.782. The maximum atomic E-state index is 12.8. The molecule has 2 atom stereocenters. The van der Waals surface area contributed by atoms with E-state index < -0.39 is 11.7 Å². The Morgan fingerprint density at radius 2 is 2.00 bits per heavy atom. The first kappa shape index (κ1) is 19.2. The highest BCUT2D eigenvalue weighted by Gasteiger charge is 2.36. The van der Waals surface area contributed by atoms with Gasteiger partial charge in [-0.25, -0.2) is 4.79 Å². The molecule has 0 bridgehead atoms. The Kier molecular flexibility index (Phi) is 5.05. The van der Waals surface area contributed by atoms with E-state index in [9.17, 15) is 18.0 Å². The van der Waals surface area contributed by atoms with Crippen molar-refractivity contribution in [3.8, 4) is 5.69 Å². The molecule has 2 aromatic rings. The first-order valence-electron chi connectivity index (χ1n) is 9.25. The molecule has 0 unspecified atom stereocenters. The van der Waals surface area contributed by atoms with Gasteiger partial charge in [-0.2, -0.15) is 18.2 Å². The maximum Gasteiger partial charge on any atom is 0.416 e. The summed E-state index contributed by atoms with van der Waals surface area (Å²) in [5.74, 6) is 0.472. The average molecular weight is 410 g/mol. The lowest BCUT2D eigenvalue weighted by atomic mass is 9.94. The van der Waals surface area contributed by atoms with Crippen molar-refractivity contribution in [2.75, 3.05) is 19.6 Å². The lowest BCUT2D eigenvalue weighted by Gasteiger charge is -2.24. The molecular formula is C19H21F3N4OS. The summed E-state index contributed by atoms with van der Waals surface area (Å²) in [5.41, 5.74) is -0.161. The summed E-state index contributed by atoms with van der Waals surface area (Å²) in [6.45, 7) is 4.21. The smallest absolute Gasteiger partial charge is 0.321 e. The van der Waals surface area contributed by atoms with Crippen molar-refractivity contribution in [3.05, 3.63) is 45.7 Å². The Balaban J connectivity index is 1.60. The van der Waals surface area contributed by atoms with Gasteiger partial charge in [0.05, 0.1) is 5.56 Å². The summed E-state index contributed by atoms with van der Waals surface area (Å²) in [4.78, 5) is 20.1. The minimum absolute atomic E-state index is 0.293. The van der Waals surface area contributed by atoms with E-state index in [4.69, 9.17) is 0 Å². The molecule has 1 N–H and O–H groups in total. The number of aryl methyl sites for hydroxylation is 1. The molecule has 2 aliphatic heterocycles. The predicted octanol–water partition coefficient (Wildman–Crippen LogP) is 3.57. The lowest BCUT2D eigenvalue weighted by molar-refractivity contribution is -0.137. The zero-order valence-electron chi connectivity index (χ0n) is 15.4. The number of nitrogens with one attached hydrogen (secondary N) is 1. The number of amides is 2. The van der Waals surface area contributed by atoms with Crippen LogP contribution in [0.15, 0.2) is 35.5 Å². The minimum atomic E-state index is -4.38. The van der Waals surface area contributed by atoms with Gasteiger partial charge in [-0.15, -0.1) is 11.3 Å². The largest absolute Gasteiger partial charge is 0.416 e. The number of carbonyl (C=O) groups is 1. The van der Waals surface area contributed by atoms with E-state index in [-0.39, 0.29) is 6.03 Å². The van der Waals surface area contributed by atoms with E-state index in [0.29, 0.717) is 35.5 Å². The fourth-order valence-electron chi connectivity index (χ4n) is 3.88. The van der Waals surface area contributed by atoms with Crippen molar-refractivity contribution >= 4 is 17.4 Å². The number of likely N-dealkylation sites (tertiary alicyclic amines) is 1. The van der Waals surface area contributed by atoms with E-state index in [1.54, 1.807) is 15.7 Å². The van der Waals surface area contributed by atoms with Crippen molar-refractivity contribution in [2.24, 2.45) is 10.9 Å². The minimum Gasteiger partial charge on any atom is -0.321 e. The second kappa shape index (κ2) is 7.36. The van der Waals surface area contributed by atoms with Crippen LogP contribution in [0.25, 0.3) is 5.69 Å². The van der Waals surface area contributed by atoms with E-state index >= 15 is 0 Å². The van der Waals surface area contributed by atoms with Gasteiger partial charge in [-0.3, -0.25) is 4.57 Å². The number of hydrogen-bond acceptors (Lipinski definition) is 3. The zero-order chi connectivity index (χ0) is 19.9. The van der Waals surface area contributed by atoms with Crippen LogP contribution < -0.4 is 10.1 Å². The summed E-state index contributed by atoms with van der Waals surface area (Å²) in [5, 5.41) is 3.46. The molecule has 2 aliphatic rings. The molecule has 0 radical (unpaired) electrons. The topological polar surface area (TPSA) is 49.6 Å². The Labute approximate surface area is 164 Å². The van der Waals surface area contributed by atoms with Gasteiger partial charge in [-0.1, -0.05) is 0 Å². The van der Waals surface area contributed by atoms with Gasteiger partial charge in [-0.05, 0) is 56.5 Å². The predicted molar refractivity (Wildman–Crippen MR) is 100 cm³/mol. The van der Waals surface area contributed by atoms with Crippen molar-refractivity contribution in [2.45, 2.75) is 32.0 Å². The third-order valence-corrected chi connectivity index (χ3v) is 6.20. The second-order valence-electron chi connectivity index (χ2n) is 7.30. The molecule has 150 valence electrons. The second-order valence-corrected chi connectivity index (χ2v) is 8.51. The van der Waals surface area contributed by atoms with Crippen LogP contribution in [0.5, 0.6) is 0 Å². The molecule has 2 saturated heterocycles. The standard InChI is InChI=1S/C19H21F3N4OS/c1-12-9-26(15-6-4-14(5-7-15)19(20,21)22)18(28-12)24-17(27)25-10-13-3-2-8-23-16(13)11-25/h4-7,9,13,16,23H,2-3,8,10-11H2,1H3/t13-,16+/m0/s1. The number of rotatable bonds is 1. The third-order valence-electron chi connectivity index (χ3n) is 5.30. The molecule has 1 aromatic carbocycles. The summed E-state index contributed by atoms with van der Waals surface area (Å²) in [6, 6.07) is 4.91. The van der Waals surface area contributed by atoms with Crippen molar-refractivity contribution in [3.63, 3.8) is 0 Å². The SMILES string of the molecule is Cc1cn(-c2ccc(C(F)(F)F)cc2)c(=NC(=O)N2C[C@@H]3CCCN[C@@H]3C2)s1.